The predicted molar refractivity (Wildman–Crippen MR) is 280 cm³/mol. The van der Waals surface area contributed by atoms with Crippen LogP contribution < -0.4 is 5.56 Å². The van der Waals surface area contributed by atoms with Crippen molar-refractivity contribution >= 4 is 0 Å². The van der Waals surface area contributed by atoms with E-state index in [1.807, 2.05) is 26.1 Å². The highest BCUT2D eigenvalue weighted by Gasteiger charge is 2.52. The molecule has 0 aliphatic carbocycles. The highest BCUT2D eigenvalue weighted by atomic mass is 16.1. The molecule has 2 atom stereocenters. The quantitative estimate of drug-likeness (QED) is 0.232. The molecular weight excluding hydrogens is 787 g/mol. The SMILES string of the molecule is CC(C)C1CC2CCC(C1)N2C(C)C.CC(C)C1CCN(C(C)C)CC1.CC(C)N1CC2(C1)CN(C(C)C)C2.CC(C)N1CCN(C(C)C)CC1.CC(C)c1ccn(C(C)C)c(=O)c1. The van der Waals surface area contributed by atoms with Crippen LogP contribution in [0.1, 0.15) is 195 Å². The van der Waals surface area contributed by atoms with E-state index < -0.39 is 0 Å². The van der Waals surface area contributed by atoms with Crippen molar-refractivity contribution < 1.29 is 0 Å². The molecule has 6 saturated heterocycles. The second kappa shape index (κ2) is 26.5. The molecule has 6 fully saturated rings. The van der Waals surface area contributed by atoms with Gasteiger partial charge in [-0.25, -0.2) is 0 Å². The Morgan fingerprint density at radius 1 is 0.453 bits per heavy atom. The van der Waals surface area contributed by atoms with Gasteiger partial charge >= 0.3 is 0 Å². The molecule has 6 aliphatic heterocycles. The highest BCUT2D eigenvalue weighted by molar-refractivity contribution is 5.15. The Bertz CT molecular complexity index is 1360. The van der Waals surface area contributed by atoms with Gasteiger partial charge in [0.25, 0.3) is 5.56 Å². The molecule has 1 aromatic rings. The van der Waals surface area contributed by atoms with Gasteiger partial charge in [0.05, 0.1) is 0 Å². The molecule has 0 aromatic carbocycles. The third-order valence-electron chi connectivity index (χ3n) is 16.2. The fourth-order valence-corrected chi connectivity index (χ4v) is 11.4. The molecule has 8 nitrogen and oxygen atoms in total. The normalized spacial score (nSPS) is 24.9. The zero-order valence-electron chi connectivity index (χ0n) is 46.2. The number of rotatable bonds is 10. The van der Waals surface area contributed by atoms with Crippen molar-refractivity contribution in [3.63, 3.8) is 0 Å². The summed E-state index contributed by atoms with van der Waals surface area (Å²) in [5.74, 6) is 4.20. The molecule has 0 radical (unpaired) electrons. The van der Waals surface area contributed by atoms with E-state index in [2.05, 4.69) is 154 Å². The number of pyridine rings is 1. The second-order valence-corrected chi connectivity index (χ2v) is 24.3. The van der Waals surface area contributed by atoms with Crippen LogP contribution in [0, 0.1) is 29.1 Å². The summed E-state index contributed by atoms with van der Waals surface area (Å²) in [4.78, 5) is 27.2. The van der Waals surface area contributed by atoms with Gasteiger partial charge in [0.2, 0.25) is 0 Å². The van der Waals surface area contributed by atoms with Crippen molar-refractivity contribution in [2.24, 2.45) is 29.1 Å². The number of piperidine rings is 2. The molecule has 2 unspecified atom stereocenters. The first-order chi connectivity index (χ1) is 29.9. The maximum absolute atomic E-state index is 11.5. The Morgan fingerprint density at radius 3 is 1.12 bits per heavy atom. The van der Waals surface area contributed by atoms with E-state index >= 15 is 0 Å². The molecule has 6 aliphatic rings. The molecule has 64 heavy (non-hydrogen) atoms. The minimum Gasteiger partial charge on any atom is -0.313 e. The summed E-state index contributed by atoms with van der Waals surface area (Å²) in [6.45, 7) is 58.3. The molecule has 0 N–H and O–H groups in total. The maximum atomic E-state index is 11.5. The Balaban J connectivity index is 0.000000213. The number of hydrogen-bond acceptors (Lipinski definition) is 7. The van der Waals surface area contributed by atoms with Gasteiger partial charge in [0, 0.05) is 124 Å². The first-order valence-electron chi connectivity index (χ1n) is 27.1. The van der Waals surface area contributed by atoms with Crippen LogP contribution in [0.3, 0.4) is 0 Å². The van der Waals surface area contributed by atoms with Crippen LogP contribution in [-0.4, -0.2) is 148 Å². The highest BCUT2D eigenvalue weighted by Crippen LogP contribution is 2.43. The number of aromatic nitrogens is 1. The predicted octanol–water partition coefficient (Wildman–Crippen LogP) is 11.5. The smallest absolute Gasteiger partial charge is 0.251 e. The summed E-state index contributed by atoms with van der Waals surface area (Å²) in [7, 11) is 0. The van der Waals surface area contributed by atoms with E-state index in [0.29, 0.717) is 11.3 Å². The standard InChI is InChI=1S/C13H25N.C11H22N2.C11H17NO.C11H23N.C10H22N2/c1-9(2)11-7-12-5-6-13(8-11)14(12)10(3)4;1-9(2)12-5-11(6-12)7-13(8-11)10(3)4;1-8(2)10-5-6-12(9(3)4)11(13)7-10;2*1-9(2)11-5-7-12(8-6-11)10(3)4/h9-13H,5-8H2,1-4H3;9-10H,5-8H2,1-4H3;5-9H,1-4H3;9-11H,5-8H2,1-4H3;9-10H,5-8H2,1-4H3. The van der Waals surface area contributed by atoms with E-state index in [1.54, 1.807) is 10.6 Å². The third-order valence-corrected chi connectivity index (χ3v) is 16.2. The summed E-state index contributed by atoms with van der Waals surface area (Å²) in [6, 6.07) is 10.3. The zero-order chi connectivity index (χ0) is 48.2. The van der Waals surface area contributed by atoms with Crippen LogP contribution in [-0.2, 0) is 0 Å². The monoisotopic (exact) mass is 896 g/mol. The minimum absolute atomic E-state index is 0.0983. The zero-order valence-corrected chi connectivity index (χ0v) is 46.2. The number of piperazine rings is 1. The van der Waals surface area contributed by atoms with Gasteiger partial charge in [-0.05, 0) is 190 Å². The summed E-state index contributed by atoms with van der Waals surface area (Å²) in [5, 5.41) is 0. The maximum Gasteiger partial charge on any atom is 0.251 e. The Labute approximate surface area is 398 Å². The minimum atomic E-state index is 0.0983. The van der Waals surface area contributed by atoms with Gasteiger partial charge in [-0.3, -0.25) is 29.3 Å². The first kappa shape index (κ1) is 57.0. The second-order valence-electron chi connectivity index (χ2n) is 24.3. The average Bonchev–Trinajstić information content (AvgIpc) is 3.46. The fraction of sp³-hybridized carbons (Fsp3) is 0.911. The molecule has 7 heterocycles. The molecule has 1 aromatic heterocycles. The largest absolute Gasteiger partial charge is 0.313 e. The Kier molecular flexibility index (Phi) is 23.6. The molecule has 374 valence electrons. The van der Waals surface area contributed by atoms with Crippen molar-refractivity contribution in [2.75, 3.05) is 65.4 Å². The summed E-state index contributed by atoms with van der Waals surface area (Å²) >= 11 is 0. The van der Waals surface area contributed by atoms with Crippen molar-refractivity contribution in [1.29, 1.82) is 0 Å². The van der Waals surface area contributed by atoms with Crippen LogP contribution in [0.15, 0.2) is 23.1 Å². The summed E-state index contributed by atoms with van der Waals surface area (Å²) in [5.41, 5.74) is 1.91. The summed E-state index contributed by atoms with van der Waals surface area (Å²) < 4.78 is 1.74. The van der Waals surface area contributed by atoms with E-state index in [1.165, 1.54) is 104 Å². The van der Waals surface area contributed by atoms with Crippen molar-refractivity contribution in [1.82, 2.24) is 34.0 Å². The Hall–Kier alpha value is -1.29. The van der Waals surface area contributed by atoms with Crippen LogP contribution in [0.5, 0.6) is 0 Å². The molecule has 8 heteroatoms. The number of fused-ring (bicyclic) bond motifs is 2. The van der Waals surface area contributed by atoms with Crippen LogP contribution in [0.4, 0.5) is 0 Å². The van der Waals surface area contributed by atoms with Gasteiger partial charge in [0.15, 0.2) is 0 Å². The molecular formula is C56H109N7O. The molecule has 1 spiro atoms. The fourth-order valence-electron chi connectivity index (χ4n) is 11.4. The van der Waals surface area contributed by atoms with Crippen molar-refractivity contribution in [3.8, 4) is 0 Å². The van der Waals surface area contributed by atoms with E-state index in [0.717, 1.165) is 77.6 Å². The van der Waals surface area contributed by atoms with Crippen LogP contribution >= 0.6 is 0 Å². The van der Waals surface area contributed by atoms with Crippen LogP contribution in [0.2, 0.25) is 0 Å². The van der Waals surface area contributed by atoms with Crippen molar-refractivity contribution in [2.45, 2.75) is 237 Å². The molecule has 0 amide bonds. The number of hydrogen-bond donors (Lipinski definition) is 0. The Morgan fingerprint density at radius 2 is 0.828 bits per heavy atom. The lowest BCUT2D eigenvalue weighted by molar-refractivity contribution is -0.135. The summed E-state index contributed by atoms with van der Waals surface area (Å²) in [6.07, 6.45) is 10.6. The molecule has 0 saturated carbocycles. The lowest BCUT2D eigenvalue weighted by atomic mass is 9.72. The van der Waals surface area contributed by atoms with Crippen molar-refractivity contribution in [3.05, 3.63) is 34.2 Å². The number of nitrogens with zero attached hydrogens (tertiary/aromatic N) is 7. The third kappa shape index (κ3) is 17.0. The molecule has 2 bridgehead atoms. The van der Waals surface area contributed by atoms with E-state index in [9.17, 15) is 4.79 Å². The van der Waals surface area contributed by atoms with Gasteiger partial charge in [-0.2, -0.15) is 0 Å². The van der Waals surface area contributed by atoms with E-state index in [-0.39, 0.29) is 11.6 Å². The average molecular weight is 897 g/mol. The van der Waals surface area contributed by atoms with Gasteiger partial charge in [-0.15, -0.1) is 0 Å². The lowest BCUT2D eigenvalue weighted by Gasteiger charge is -2.62. The van der Waals surface area contributed by atoms with E-state index in [4.69, 9.17) is 0 Å². The van der Waals surface area contributed by atoms with Gasteiger partial charge in [-0.1, -0.05) is 41.5 Å². The first-order valence-corrected chi connectivity index (χ1v) is 27.1. The number of likely N-dealkylation sites (tertiary alicyclic amines) is 3. The topological polar surface area (TPSA) is 41.4 Å². The van der Waals surface area contributed by atoms with Gasteiger partial charge < -0.3 is 9.47 Å². The van der Waals surface area contributed by atoms with Gasteiger partial charge in [0.1, 0.15) is 0 Å². The lowest BCUT2D eigenvalue weighted by Crippen LogP contribution is -2.73. The molecule has 7 rings (SSSR count). The van der Waals surface area contributed by atoms with Crippen LogP contribution in [0.25, 0.3) is 0 Å².